The van der Waals surface area contributed by atoms with E-state index in [1.54, 1.807) is 0 Å². The molecule has 1 aliphatic heterocycles. The molecule has 2 aromatic rings. The molecule has 2 aromatic carbocycles. The summed E-state index contributed by atoms with van der Waals surface area (Å²) in [4.78, 5) is 2.41. The van der Waals surface area contributed by atoms with Gasteiger partial charge in [0, 0.05) is 24.5 Å². The van der Waals surface area contributed by atoms with E-state index in [2.05, 4.69) is 27.3 Å². The zero-order chi connectivity index (χ0) is 14.7. The molecule has 1 saturated heterocycles. The Balaban J connectivity index is 1.72. The number of nitrogens with zero attached hydrogens (tertiary/aromatic N) is 3. The van der Waals surface area contributed by atoms with Crippen molar-refractivity contribution in [2.75, 3.05) is 23.7 Å². The summed E-state index contributed by atoms with van der Waals surface area (Å²) in [7, 11) is 0. The quantitative estimate of drug-likeness (QED) is 0.660. The van der Waals surface area contributed by atoms with Crippen LogP contribution in [-0.2, 0) is 0 Å². The minimum Gasteiger partial charge on any atom is -0.399 e. The van der Waals surface area contributed by atoms with Crippen LogP contribution in [0.15, 0.2) is 52.7 Å². The fraction of sp³-hybridized carbons (Fsp3) is 0.294. The van der Waals surface area contributed by atoms with E-state index in [1.807, 2.05) is 37.3 Å². The highest BCUT2D eigenvalue weighted by Crippen LogP contribution is 2.25. The number of azo groups is 1. The Hall–Kier alpha value is -2.36. The fourth-order valence-electron chi connectivity index (χ4n) is 2.54. The van der Waals surface area contributed by atoms with Gasteiger partial charge in [-0.3, -0.25) is 0 Å². The first-order valence-corrected chi connectivity index (χ1v) is 7.35. The predicted molar refractivity (Wildman–Crippen MR) is 87.7 cm³/mol. The molecule has 0 aromatic heterocycles. The lowest BCUT2D eigenvalue weighted by Crippen LogP contribution is -2.17. The maximum absolute atomic E-state index is 5.80. The minimum absolute atomic E-state index is 0.781. The van der Waals surface area contributed by atoms with Crippen molar-refractivity contribution in [3.63, 3.8) is 0 Å². The number of rotatable bonds is 3. The summed E-state index contributed by atoms with van der Waals surface area (Å²) in [6.45, 7) is 4.29. The van der Waals surface area contributed by atoms with Gasteiger partial charge >= 0.3 is 0 Å². The van der Waals surface area contributed by atoms with Crippen molar-refractivity contribution < 1.29 is 0 Å². The van der Waals surface area contributed by atoms with Gasteiger partial charge in [0.15, 0.2) is 0 Å². The molecule has 0 amide bonds. The largest absolute Gasteiger partial charge is 0.399 e. The van der Waals surface area contributed by atoms with E-state index in [1.165, 1.54) is 18.5 Å². The van der Waals surface area contributed by atoms with Crippen molar-refractivity contribution >= 4 is 22.7 Å². The number of nitrogens with two attached hydrogens (primary N) is 1. The monoisotopic (exact) mass is 280 g/mol. The lowest BCUT2D eigenvalue weighted by Gasteiger charge is -2.17. The third-order valence-corrected chi connectivity index (χ3v) is 3.86. The Labute approximate surface area is 125 Å². The molecule has 0 saturated carbocycles. The molecular formula is C17H20N4. The average Bonchev–Trinajstić information content (AvgIpc) is 3.03. The zero-order valence-corrected chi connectivity index (χ0v) is 12.3. The third-order valence-electron chi connectivity index (χ3n) is 3.86. The van der Waals surface area contributed by atoms with Gasteiger partial charge in [-0.2, -0.15) is 10.2 Å². The molecule has 108 valence electrons. The molecule has 4 nitrogen and oxygen atoms in total. The minimum atomic E-state index is 0.781. The fourth-order valence-corrected chi connectivity index (χ4v) is 2.54. The molecular weight excluding hydrogens is 260 g/mol. The smallest absolute Gasteiger partial charge is 0.0861 e. The first-order chi connectivity index (χ1) is 10.2. The van der Waals surface area contributed by atoms with Crippen LogP contribution in [0, 0.1) is 6.92 Å². The maximum Gasteiger partial charge on any atom is 0.0861 e. The van der Waals surface area contributed by atoms with Gasteiger partial charge < -0.3 is 10.6 Å². The molecule has 3 rings (SSSR count). The molecule has 1 aliphatic rings. The van der Waals surface area contributed by atoms with Crippen LogP contribution in [0.25, 0.3) is 0 Å². The third kappa shape index (κ3) is 3.21. The number of nitrogen functional groups attached to an aromatic ring is 1. The number of anilines is 2. The molecule has 1 heterocycles. The van der Waals surface area contributed by atoms with E-state index in [4.69, 9.17) is 5.73 Å². The van der Waals surface area contributed by atoms with Gasteiger partial charge in [-0.1, -0.05) is 0 Å². The molecule has 1 fully saturated rings. The zero-order valence-electron chi connectivity index (χ0n) is 12.3. The van der Waals surface area contributed by atoms with Gasteiger partial charge in [-0.15, -0.1) is 0 Å². The first-order valence-electron chi connectivity index (χ1n) is 7.35. The van der Waals surface area contributed by atoms with Gasteiger partial charge in [0.2, 0.25) is 0 Å². The predicted octanol–water partition coefficient (Wildman–Crippen LogP) is 4.59. The highest BCUT2D eigenvalue weighted by atomic mass is 15.1. The summed E-state index contributed by atoms with van der Waals surface area (Å²) < 4.78 is 0. The van der Waals surface area contributed by atoms with Crippen LogP contribution in [0.1, 0.15) is 18.4 Å². The van der Waals surface area contributed by atoms with Gasteiger partial charge in [0.1, 0.15) is 0 Å². The van der Waals surface area contributed by atoms with Crippen molar-refractivity contribution in [2.45, 2.75) is 19.8 Å². The number of aryl methyl sites for hydroxylation is 1. The van der Waals surface area contributed by atoms with Crippen LogP contribution in [-0.4, -0.2) is 13.1 Å². The second kappa shape index (κ2) is 5.95. The average molecular weight is 280 g/mol. The van der Waals surface area contributed by atoms with E-state index in [0.717, 1.165) is 35.7 Å². The standard InChI is InChI=1S/C17H20N4/c1-13-12-15(6-9-17(13)18)20-19-14-4-7-16(8-5-14)21-10-2-3-11-21/h4-9,12H,2-3,10-11,18H2,1H3. The molecule has 0 aliphatic carbocycles. The molecule has 4 heteroatoms. The lowest BCUT2D eigenvalue weighted by molar-refractivity contribution is 0.949. The Bertz CT molecular complexity index is 640. The van der Waals surface area contributed by atoms with Crippen LogP contribution in [0.5, 0.6) is 0 Å². The number of hydrogen-bond acceptors (Lipinski definition) is 4. The normalized spacial score (nSPS) is 15.0. The SMILES string of the molecule is Cc1cc(N=Nc2ccc(N3CCCC3)cc2)ccc1N. The molecule has 0 atom stereocenters. The van der Waals surface area contributed by atoms with Crippen molar-refractivity contribution in [1.29, 1.82) is 0 Å². The topological polar surface area (TPSA) is 54.0 Å². The van der Waals surface area contributed by atoms with Crippen LogP contribution in [0.4, 0.5) is 22.7 Å². The second-order valence-electron chi connectivity index (χ2n) is 5.45. The molecule has 0 unspecified atom stereocenters. The van der Waals surface area contributed by atoms with Crippen molar-refractivity contribution in [2.24, 2.45) is 10.2 Å². The van der Waals surface area contributed by atoms with E-state index in [9.17, 15) is 0 Å². The number of hydrogen-bond donors (Lipinski definition) is 1. The molecule has 2 N–H and O–H groups in total. The molecule has 21 heavy (non-hydrogen) atoms. The van der Waals surface area contributed by atoms with Gasteiger partial charge in [-0.25, -0.2) is 0 Å². The highest BCUT2D eigenvalue weighted by molar-refractivity contribution is 5.55. The van der Waals surface area contributed by atoms with Crippen LogP contribution in [0.3, 0.4) is 0 Å². The van der Waals surface area contributed by atoms with Gasteiger partial charge in [0.25, 0.3) is 0 Å². The van der Waals surface area contributed by atoms with Crippen LogP contribution in [0.2, 0.25) is 0 Å². The van der Waals surface area contributed by atoms with E-state index >= 15 is 0 Å². The summed E-state index contributed by atoms with van der Waals surface area (Å²) in [5, 5.41) is 8.54. The van der Waals surface area contributed by atoms with Crippen molar-refractivity contribution in [3.05, 3.63) is 48.0 Å². The molecule has 0 radical (unpaired) electrons. The Morgan fingerprint density at radius 3 is 2.19 bits per heavy atom. The lowest BCUT2D eigenvalue weighted by atomic mass is 10.2. The summed E-state index contributed by atoms with van der Waals surface area (Å²) >= 11 is 0. The van der Waals surface area contributed by atoms with Crippen molar-refractivity contribution in [1.82, 2.24) is 0 Å². The highest BCUT2D eigenvalue weighted by Gasteiger charge is 2.11. The van der Waals surface area contributed by atoms with Gasteiger partial charge in [-0.05, 0) is 67.8 Å². The van der Waals surface area contributed by atoms with E-state index in [-0.39, 0.29) is 0 Å². The summed E-state index contributed by atoms with van der Waals surface area (Å²) in [6, 6.07) is 14.0. The second-order valence-corrected chi connectivity index (χ2v) is 5.45. The summed E-state index contributed by atoms with van der Waals surface area (Å²) in [5.74, 6) is 0. The Kier molecular flexibility index (Phi) is 3.86. The molecule has 0 spiro atoms. The first kappa shape index (κ1) is 13.6. The van der Waals surface area contributed by atoms with Gasteiger partial charge in [0.05, 0.1) is 11.4 Å². The van der Waals surface area contributed by atoms with E-state index < -0.39 is 0 Å². The Morgan fingerprint density at radius 2 is 1.52 bits per heavy atom. The van der Waals surface area contributed by atoms with Crippen molar-refractivity contribution in [3.8, 4) is 0 Å². The number of benzene rings is 2. The summed E-state index contributed by atoms with van der Waals surface area (Å²) in [5.41, 5.74) is 10.6. The van der Waals surface area contributed by atoms with Crippen LogP contribution >= 0.6 is 0 Å². The summed E-state index contributed by atoms with van der Waals surface area (Å²) in [6.07, 6.45) is 2.58. The molecule has 0 bridgehead atoms. The van der Waals surface area contributed by atoms with E-state index in [0.29, 0.717) is 0 Å². The van der Waals surface area contributed by atoms with Crippen LogP contribution < -0.4 is 10.6 Å². The maximum atomic E-state index is 5.80. The Morgan fingerprint density at radius 1 is 0.905 bits per heavy atom.